The molecule has 0 bridgehead atoms. The Morgan fingerprint density at radius 2 is 1.73 bits per heavy atom. The molecule has 0 unspecified atom stereocenters. The molecule has 0 aliphatic rings. The van der Waals surface area contributed by atoms with Gasteiger partial charge in [0.05, 0.1) is 11.6 Å². The molecule has 0 heterocycles. The number of benzene rings is 2. The SMILES string of the molecule is N#Cc1ccc(C(=O)N[C@@H](Cc2ccccc2)C(=O)O)cc1. The van der Waals surface area contributed by atoms with Crippen molar-refractivity contribution in [1.82, 2.24) is 5.32 Å². The van der Waals surface area contributed by atoms with Crippen LogP contribution >= 0.6 is 0 Å². The summed E-state index contributed by atoms with van der Waals surface area (Å²) in [5.41, 5.74) is 1.59. The van der Waals surface area contributed by atoms with E-state index in [9.17, 15) is 14.7 Å². The second-order valence-electron chi connectivity index (χ2n) is 4.74. The molecule has 0 fully saturated rings. The largest absolute Gasteiger partial charge is 0.480 e. The summed E-state index contributed by atoms with van der Waals surface area (Å²) in [6, 6.07) is 16.1. The standard InChI is InChI=1S/C17H14N2O3/c18-11-13-6-8-14(9-7-13)16(20)19-15(17(21)22)10-12-4-2-1-3-5-12/h1-9,15H,10H2,(H,19,20)(H,21,22)/t15-/m0/s1. The highest BCUT2D eigenvalue weighted by Gasteiger charge is 2.21. The van der Waals surface area contributed by atoms with Crippen molar-refractivity contribution >= 4 is 11.9 Å². The lowest BCUT2D eigenvalue weighted by Gasteiger charge is -2.14. The van der Waals surface area contributed by atoms with Gasteiger partial charge in [0.15, 0.2) is 0 Å². The van der Waals surface area contributed by atoms with Gasteiger partial charge in [-0.05, 0) is 29.8 Å². The molecule has 0 aromatic heterocycles. The van der Waals surface area contributed by atoms with Crippen LogP contribution in [0.25, 0.3) is 0 Å². The average Bonchev–Trinajstić information content (AvgIpc) is 2.55. The number of carbonyl (C=O) groups excluding carboxylic acids is 1. The van der Waals surface area contributed by atoms with Crippen molar-refractivity contribution in [3.63, 3.8) is 0 Å². The monoisotopic (exact) mass is 294 g/mol. The Morgan fingerprint density at radius 1 is 1.09 bits per heavy atom. The molecular weight excluding hydrogens is 280 g/mol. The van der Waals surface area contributed by atoms with E-state index < -0.39 is 17.9 Å². The summed E-state index contributed by atoms with van der Waals surface area (Å²) in [7, 11) is 0. The minimum absolute atomic E-state index is 0.207. The molecule has 110 valence electrons. The van der Waals surface area contributed by atoms with Gasteiger partial charge in [0.25, 0.3) is 5.91 Å². The summed E-state index contributed by atoms with van der Waals surface area (Å²) in [6.07, 6.45) is 0.207. The summed E-state index contributed by atoms with van der Waals surface area (Å²) < 4.78 is 0. The summed E-state index contributed by atoms with van der Waals surface area (Å²) in [5.74, 6) is -1.57. The zero-order valence-electron chi connectivity index (χ0n) is 11.7. The number of hydrogen-bond donors (Lipinski definition) is 2. The number of carboxylic acids is 1. The van der Waals surface area contributed by atoms with Crippen LogP contribution in [0.5, 0.6) is 0 Å². The lowest BCUT2D eigenvalue weighted by atomic mass is 10.1. The molecule has 0 radical (unpaired) electrons. The maximum atomic E-state index is 12.1. The molecule has 0 aliphatic heterocycles. The van der Waals surface area contributed by atoms with Gasteiger partial charge in [0.2, 0.25) is 0 Å². The fourth-order valence-corrected chi connectivity index (χ4v) is 1.99. The van der Waals surface area contributed by atoms with Gasteiger partial charge in [-0.3, -0.25) is 4.79 Å². The van der Waals surface area contributed by atoms with Crippen LogP contribution in [0.2, 0.25) is 0 Å². The van der Waals surface area contributed by atoms with Gasteiger partial charge in [0, 0.05) is 12.0 Å². The molecule has 2 N–H and O–H groups in total. The fraction of sp³-hybridized carbons (Fsp3) is 0.118. The number of carboxylic acid groups (broad SMARTS) is 1. The molecule has 2 aromatic rings. The molecule has 22 heavy (non-hydrogen) atoms. The Balaban J connectivity index is 2.08. The minimum atomic E-state index is -1.09. The summed E-state index contributed by atoms with van der Waals surface area (Å²) >= 11 is 0. The van der Waals surface area contributed by atoms with E-state index in [4.69, 9.17) is 5.26 Å². The van der Waals surface area contributed by atoms with Crippen molar-refractivity contribution in [2.75, 3.05) is 0 Å². The van der Waals surface area contributed by atoms with Crippen LogP contribution in [0.15, 0.2) is 54.6 Å². The van der Waals surface area contributed by atoms with Gasteiger partial charge in [-0.25, -0.2) is 4.79 Å². The molecule has 0 saturated carbocycles. The zero-order valence-corrected chi connectivity index (χ0v) is 11.7. The van der Waals surface area contributed by atoms with Crippen LogP contribution < -0.4 is 5.32 Å². The molecule has 0 saturated heterocycles. The van der Waals surface area contributed by atoms with Crippen LogP contribution in [0.1, 0.15) is 21.5 Å². The minimum Gasteiger partial charge on any atom is -0.480 e. The second kappa shape index (κ2) is 7.04. The van der Waals surface area contributed by atoms with Gasteiger partial charge in [-0.2, -0.15) is 5.26 Å². The molecule has 2 rings (SSSR count). The highest BCUT2D eigenvalue weighted by Crippen LogP contribution is 2.07. The third-order valence-electron chi connectivity index (χ3n) is 3.16. The lowest BCUT2D eigenvalue weighted by molar-refractivity contribution is -0.139. The lowest BCUT2D eigenvalue weighted by Crippen LogP contribution is -2.42. The third kappa shape index (κ3) is 3.93. The van der Waals surface area contributed by atoms with E-state index in [1.165, 1.54) is 24.3 Å². The maximum absolute atomic E-state index is 12.1. The maximum Gasteiger partial charge on any atom is 0.326 e. The number of carbonyl (C=O) groups is 2. The Morgan fingerprint density at radius 3 is 2.27 bits per heavy atom. The number of nitrogens with zero attached hydrogens (tertiary/aromatic N) is 1. The third-order valence-corrected chi connectivity index (χ3v) is 3.16. The Labute approximate surface area is 127 Å². The first-order valence-corrected chi connectivity index (χ1v) is 6.68. The summed E-state index contributed by atoms with van der Waals surface area (Å²) in [5, 5.41) is 20.5. The summed E-state index contributed by atoms with van der Waals surface area (Å²) in [6.45, 7) is 0. The van der Waals surface area contributed by atoms with E-state index in [0.717, 1.165) is 5.56 Å². The number of rotatable bonds is 5. The van der Waals surface area contributed by atoms with E-state index in [1.807, 2.05) is 36.4 Å². The topological polar surface area (TPSA) is 90.2 Å². The molecule has 1 amide bonds. The van der Waals surface area contributed by atoms with Crippen molar-refractivity contribution < 1.29 is 14.7 Å². The van der Waals surface area contributed by atoms with Gasteiger partial charge >= 0.3 is 5.97 Å². The predicted molar refractivity (Wildman–Crippen MR) is 80.2 cm³/mol. The highest BCUT2D eigenvalue weighted by molar-refractivity contribution is 5.96. The number of hydrogen-bond acceptors (Lipinski definition) is 3. The van der Waals surface area contributed by atoms with Crippen molar-refractivity contribution in [3.05, 3.63) is 71.3 Å². The molecule has 2 aromatic carbocycles. The predicted octanol–water partition coefficient (Wildman–Crippen LogP) is 1.98. The first kappa shape index (κ1) is 15.3. The van der Waals surface area contributed by atoms with E-state index >= 15 is 0 Å². The van der Waals surface area contributed by atoms with Gasteiger partial charge in [0.1, 0.15) is 6.04 Å². The second-order valence-corrected chi connectivity index (χ2v) is 4.74. The van der Waals surface area contributed by atoms with Crippen LogP contribution in [0.3, 0.4) is 0 Å². The van der Waals surface area contributed by atoms with Gasteiger partial charge < -0.3 is 10.4 Å². The molecular formula is C17H14N2O3. The quantitative estimate of drug-likeness (QED) is 0.882. The number of nitriles is 1. The first-order valence-electron chi connectivity index (χ1n) is 6.68. The number of amides is 1. The van der Waals surface area contributed by atoms with E-state index in [1.54, 1.807) is 0 Å². The van der Waals surface area contributed by atoms with Crippen molar-refractivity contribution in [2.45, 2.75) is 12.5 Å². The van der Waals surface area contributed by atoms with E-state index in [2.05, 4.69) is 5.32 Å². The van der Waals surface area contributed by atoms with Crippen molar-refractivity contribution in [2.24, 2.45) is 0 Å². The van der Waals surface area contributed by atoms with E-state index in [0.29, 0.717) is 11.1 Å². The molecule has 1 atom stereocenters. The Hall–Kier alpha value is -3.13. The van der Waals surface area contributed by atoms with Crippen LogP contribution in [0, 0.1) is 11.3 Å². The zero-order chi connectivity index (χ0) is 15.9. The van der Waals surface area contributed by atoms with Crippen molar-refractivity contribution in [1.29, 1.82) is 5.26 Å². The number of aliphatic carboxylic acids is 1. The molecule has 0 aliphatic carbocycles. The van der Waals surface area contributed by atoms with Gasteiger partial charge in [-0.15, -0.1) is 0 Å². The highest BCUT2D eigenvalue weighted by atomic mass is 16.4. The van der Waals surface area contributed by atoms with Crippen LogP contribution in [-0.4, -0.2) is 23.0 Å². The van der Waals surface area contributed by atoms with Crippen LogP contribution in [0.4, 0.5) is 0 Å². The molecule has 5 nitrogen and oxygen atoms in total. The normalized spacial score (nSPS) is 11.2. The first-order chi connectivity index (χ1) is 10.6. The summed E-state index contributed by atoms with van der Waals surface area (Å²) in [4.78, 5) is 23.4. The average molecular weight is 294 g/mol. The Bertz CT molecular complexity index is 703. The van der Waals surface area contributed by atoms with Crippen molar-refractivity contribution in [3.8, 4) is 6.07 Å². The smallest absolute Gasteiger partial charge is 0.326 e. The molecule has 0 spiro atoms. The van der Waals surface area contributed by atoms with Crippen LogP contribution in [-0.2, 0) is 11.2 Å². The van der Waals surface area contributed by atoms with Gasteiger partial charge in [-0.1, -0.05) is 30.3 Å². The van der Waals surface area contributed by atoms with E-state index in [-0.39, 0.29) is 6.42 Å². The fourth-order valence-electron chi connectivity index (χ4n) is 1.99. The number of nitrogens with one attached hydrogen (secondary N) is 1. The Kier molecular flexibility index (Phi) is 4.89. The molecule has 5 heteroatoms.